The number of carbonyl (C=O) groups excluding carboxylic acids is 2. The number of rotatable bonds is 9. The molecule has 1 fully saturated rings. The van der Waals surface area contributed by atoms with Crippen molar-refractivity contribution in [1.29, 1.82) is 0 Å². The maximum Gasteiger partial charge on any atom is 0.417 e. The van der Waals surface area contributed by atoms with E-state index in [1.54, 1.807) is 0 Å². The van der Waals surface area contributed by atoms with Crippen LogP contribution in [0.5, 0.6) is 0 Å². The van der Waals surface area contributed by atoms with Crippen molar-refractivity contribution in [2.45, 2.75) is 78.2 Å². The molecule has 42 heavy (non-hydrogen) atoms. The van der Waals surface area contributed by atoms with E-state index in [0.29, 0.717) is 0 Å². The third-order valence-corrected chi connectivity index (χ3v) is 13.3. The van der Waals surface area contributed by atoms with Gasteiger partial charge in [0, 0.05) is 12.0 Å². The van der Waals surface area contributed by atoms with Crippen molar-refractivity contribution >= 4 is 30.7 Å². The fourth-order valence-corrected chi connectivity index (χ4v) is 11.3. The van der Waals surface area contributed by atoms with E-state index in [4.69, 9.17) is 9.16 Å². The first-order chi connectivity index (χ1) is 19.8. The molecule has 6 heteroatoms. The molecule has 0 aromatic heterocycles. The monoisotopic (exact) mass is 583 g/mol. The number of imide groups is 1. The molecule has 3 atom stereocenters. The molecule has 1 aliphatic rings. The lowest BCUT2D eigenvalue weighted by atomic mass is 9.89. The van der Waals surface area contributed by atoms with Gasteiger partial charge in [0.2, 0.25) is 0 Å². The fourth-order valence-electron chi connectivity index (χ4n) is 6.51. The van der Waals surface area contributed by atoms with Crippen molar-refractivity contribution in [2.75, 3.05) is 0 Å². The third kappa shape index (κ3) is 6.15. The Morgan fingerprint density at radius 1 is 0.881 bits per heavy atom. The van der Waals surface area contributed by atoms with Gasteiger partial charge < -0.3 is 9.16 Å². The maximum atomic E-state index is 13.5. The highest BCUT2D eigenvalue weighted by atomic mass is 28.4. The van der Waals surface area contributed by atoms with E-state index < -0.39 is 20.0 Å². The van der Waals surface area contributed by atoms with Gasteiger partial charge in [-0.05, 0) is 40.7 Å². The van der Waals surface area contributed by atoms with Crippen LogP contribution in [0.15, 0.2) is 103 Å². The summed E-state index contributed by atoms with van der Waals surface area (Å²) in [7, 11) is -2.90. The Bertz CT molecular complexity index is 1340. The van der Waals surface area contributed by atoms with E-state index in [9.17, 15) is 9.59 Å². The quantitative estimate of drug-likeness (QED) is 0.196. The summed E-state index contributed by atoms with van der Waals surface area (Å²) in [6.45, 7) is 16.6. The first-order valence-corrected chi connectivity index (χ1v) is 16.8. The van der Waals surface area contributed by atoms with Crippen LogP contribution in [0.3, 0.4) is 0 Å². The van der Waals surface area contributed by atoms with Crippen LogP contribution in [0.25, 0.3) is 0 Å². The molecular formula is C36H45NO4Si. The van der Waals surface area contributed by atoms with Crippen molar-refractivity contribution in [1.82, 2.24) is 4.90 Å². The van der Waals surface area contributed by atoms with Crippen molar-refractivity contribution < 1.29 is 18.8 Å². The van der Waals surface area contributed by atoms with E-state index in [2.05, 4.69) is 88.4 Å². The van der Waals surface area contributed by atoms with Crippen LogP contribution in [0, 0.1) is 11.8 Å². The highest BCUT2D eigenvalue weighted by Crippen LogP contribution is 2.42. The van der Waals surface area contributed by atoms with Gasteiger partial charge in [0.25, 0.3) is 14.2 Å². The normalized spacial score (nSPS) is 18.7. The smallest absolute Gasteiger partial charge is 0.417 e. The predicted molar refractivity (Wildman–Crippen MR) is 172 cm³/mol. The van der Waals surface area contributed by atoms with Crippen molar-refractivity contribution in [3.63, 3.8) is 0 Å². The summed E-state index contributed by atoms with van der Waals surface area (Å²) in [6, 6.07) is 31.0. The molecule has 4 rings (SSSR count). The molecule has 0 saturated carbocycles. The average Bonchev–Trinajstić information content (AvgIpc) is 3.21. The Morgan fingerprint density at radius 3 is 1.81 bits per heavy atom. The van der Waals surface area contributed by atoms with Crippen molar-refractivity contribution in [3.8, 4) is 0 Å². The zero-order valence-corrected chi connectivity index (χ0v) is 27.2. The van der Waals surface area contributed by atoms with Crippen LogP contribution in [0.4, 0.5) is 4.79 Å². The topological polar surface area (TPSA) is 55.8 Å². The average molecular weight is 584 g/mol. The van der Waals surface area contributed by atoms with Gasteiger partial charge >= 0.3 is 6.09 Å². The summed E-state index contributed by atoms with van der Waals surface area (Å²) >= 11 is 0. The lowest BCUT2D eigenvalue weighted by Gasteiger charge is -2.46. The Hall–Kier alpha value is -3.48. The number of nitrogens with zero attached hydrogens (tertiary/aromatic N) is 1. The Kier molecular flexibility index (Phi) is 9.29. The molecule has 0 radical (unpaired) electrons. The maximum absolute atomic E-state index is 13.5. The largest absolute Gasteiger partial charge is 0.441 e. The highest BCUT2D eigenvalue weighted by Gasteiger charge is 2.53. The summed E-state index contributed by atoms with van der Waals surface area (Å²) in [4.78, 5) is 27.6. The fraction of sp³-hybridized carbons (Fsp3) is 0.389. The highest BCUT2D eigenvalue weighted by molar-refractivity contribution is 6.99. The van der Waals surface area contributed by atoms with Gasteiger partial charge in [-0.3, -0.25) is 4.79 Å². The van der Waals surface area contributed by atoms with E-state index in [1.807, 2.05) is 64.1 Å². The van der Waals surface area contributed by atoms with E-state index in [0.717, 1.165) is 5.56 Å². The Balaban J connectivity index is 1.78. The number of carbonyl (C=O) groups is 2. The number of ether oxygens (including phenoxy) is 1. The molecule has 2 amide bonds. The summed E-state index contributed by atoms with van der Waals surface area (Å²) in [5.41, 5.74) is 0.288. The van der Waals surface area contributed by atoms with Gasteiger partial charge in [0.15, 0.2) is 0 Å². The SMILES string of the molecule is CC(C)[C@@H]1N(C(=O)/C=C/[C@@H](C)[C@@H](O[Si](c2ccccc2)(c2ccccc2)C(C)(C)C)c2ccccc2)C(=O)OC1(C)C. The van der Waals surface area contributed by atoms with Crippen LogP contribution in [0.1, 0.15) is 67.1 Å². The molecule has 1 aliphatic heterocycles. The number of hydrogen-bond acceptors (Lipinski definition) is 4. The summed E-state index contributed by atoms with van der Waals surface area (Å²) in [5, 5.41) is 2.18. The van der Waals surface area contributed by atoms with Gasteiger partial charge in [0.05, 0.1) is 12.1 Å². The number of benzene rings is 3. The Morgan fingerprint density at radius 2 is 1.36 bits per heavy atom. The molecule has 222 valence electrons. The lowest BCUT2D eigenvalue weighted by Crippen LogP contribution is -2.67. The second kappa shape index (κ2) is 12.4. The first kappa shape index (κ1) is 31.5. The zero-order valence-electron chi connectivity index (χ0n) is 26.2. The molecule has 0 aliphatic carbocycles. The van der Waals surface area contributed by atoms with Crippen molar-refractivity contribution in [3.05, 3.63) is 109 Å². The molecule has 0 spiro atoms. The van der Waals surface area contributed by atoms with Crippen LogP contribution < -0.4 is 10.4 Å². The molecule has 0 bridgehead atoms. The zero-order chi connectivity index (χ0) is 30.7. The second-order valence-corrected chi connectivity index (χ2v) is 17.5. The van der Waals surface area contributed by atoms with Gasteiger partial charge in [-0.15, -0.1) is 0 Å². The molecule has 0 unspecified atom stereocenters. The van der Waals surface area contributed by atoms with Gasteiger partial charge in [-0.2, -0.15) is 0 Å². The summed E-state index contributed by atoms with van der Waals surface area (Å²) in [5.74, 6) is -0.493. The number of cyclic esters (lactones) is 1. The van der Waals surface area contributed by atoms with E-state index in [1.165, 1.54) is 21.3 Å². The molecular weight excluding hydrogens is 538 g/mol. The second-order valence-electron chi connectivity index (χ2n) is 13.2. The lowest BCUT2D eigenvalue weighted by molar-refractivity contribution is -0.125. The van der Waals surface area contributed by atoms with Gasteiger partial charge in [-0.1, -0.05) is 139 Å². The first-order valence-electron chi connectivity index (χ1n) is 14.9. The van der Waals surface area contributed by atoms with Crippen molar-refractivity contribution in [2.24, 2.45) is 11.8 Å². The van der Waals surface area contributed by atoms with Crippen LogP contribution in [-0.2, 0) is 14.0 Å². The van der Waals surface area contributed by atoms with Gasteiger partial charge in [0.1, 0.15) is 5.60 Å². The van der Waals surface area contributed by atoms with Gasteiger partial charge in [-0.25, -0.2) is 9.69 Å². The minimum atomic E-state index is -2.90. The number of amides is 2. The summed E-state index contributed by atoms with van der Waals surface area (Å²) < 4.78 is 13.2. The molecule has 3 aromatic carbocycles. The van der Waals surface area contributed by atoms with Crippen LogP contribution in [-0.4, -0.2) is 36.9 Å². The van der Waals surface area contributed by atoms with Crippen LogP contribution >= 0.6 is 0 Å². The molecule has 5 nitrogen and oxygen atoms in total. The summed E-state index contributed by atoms with van der Waals surface area (Å²) in [6.07, 6.45) is 2.47. The predicted octanol–water partition coefficient (Wildman–Crippen LogP) is 7.28. The molecule has 1 heterocycles. The molecule has 0 N–H and O–H groups in total. The standard InChI is InChI=1S/C36H45NO4Si/c1-26(2)33-36(7,8)40-34(39)37(33)31(38)25-24-27(3)32(28-18-12-9-13-19-28)41-42(35(4,5)6,29-20-14-10-15-21-29)30-22-16-11-17-23-30/h9-27,32-33H,1-8H3/b25-24+/t27-,32-,33+/m1/s1. The third-order valence-electron chi connectivity index (χ3n) is 8.27. The molecule has 1 saturated heterocycles. The van der Waals surface area contributed by atoms with E-state index in [-0.39, 0.29) is 34.9 Å². The molecule has 3 aromatic rings. The number of hydrogen-bond donors (Lipinski definition) is 0. The minimum Gasteiger partial charge on any atom is -0.441 e. The van der Waals surface area contributed by atoms with Crippen LogP contribution in [0.2, 0.25) is 5.04 Å². The minimum absolute atomic E-state index is 0.0526. The Labute approximate surface area is 252 Å². The van der Waals surface area contributed by atoms with E-state index >= 15 is 0 Å².